The van der Waals surface area contributed by atoms with Gasteiger partial charge in [-0.15, -0.1) is 0 Å². The van der Waals surface area contributed by atoms with Crippen molar-refractivity contribution in [3.05, 3.63) is 62.7 Å². The number of anilines is 1. The summed E-state index contributed by atoms with van der Waals surface area (Å²) in [7, 11) is 0. The molecule has 2 aromatic rings. The Bertz CT molecular complexity index is 717. The molecule has 1 heterocycles. The molecule has 0 aromatic heterocycles. The minimum absolute atomic E-state index is 0.245. The fourth-order valence-corrected chi connectivity index (χ4v) is 3.25. The van der Waals surface area contributed by atoms with E-state index in [1.807, 2.05) is 18.2 Å². The van der Waals surface area contributed by atoms with Gasteiger partial charge in [0.05, 0.1) is 16.8 Å². The molecular weight excluding hydrogens is 377 g/mol. The first kappa shape index (κ1) is 14.3. The molecule has 1 aliphatic rings. The van der Waals surface area contributed by atoms with Crippen LogP contribution in [0.5, 0.6) is 0 Å². The van der Waals surface area contributed by atoms with E-state index >= 15 is 0 Å². The van der Waals surface area contributed by atoms with Crippen molar-refractivity contribution in [1.82, 2.24) is 0 Å². The van der Waals surface area contributed by atoms with Crippen molar-refractivity contribution in [2.45, 2.75) is 19.8 Å². The lowest BCUT2D eigenvalue weighted by Gasteiger charge is -2.17. The Labute approximate surface area is 137 Å². The lowest BCUT2D eigenvalue weighted by molar-refractivity contribution is 0.0926. The van der Waals surface area contributed by atoms with Crippen molar-refractivity contribution in [2.24, 2.45) is 0 Å². The van der Waals surface area contributed by atoms with Crippen LogP contribution in [0, 0.1) is 3.57 Å². The predicted octanol–water partition coefficient (Wildman–Crippen LogP) is 4.22. The lowest BCUT2D eigenvalue weighted by Crippen LogP contribution is -2.30. The first-order chi connectivity index (χ1) is 10.0. The average molecular weight is 391 g/mol. The maximum atomic E-state index is 12.5. The maximum Gasteiger partial charge on any atom is 0.266 e. The third kappa shape index (κ3) is 2.27. The number of rotatable bonds is 2. The molecule has 1 aliphatic heterocycles. The molecule has 21 heavy (non-hydrogen) atoms. The third-order valence-electron chi connectivity index (χ3n) is 3.67. The van der Waals surface area contributed by atoms with Gasteiger partial charge in [0.2, 0.25) is 0 Å². The summed E-state index contributed by atoms with van der Waals surface area (Å²) in [4.78, 5) is 26.2. The Kier molecular flexibility index (Phi) is 3.57. The van der Waals surface area contributed by atoms with E-state index in [0.29, 0.717) is 22.7 Å². The summed E-state index contributed by atoms with van der Waals surface area (Å²) in [6.07, 6.45) is 0. The summed E-state index contributed by atoms with van der Waals surface area (Å²) >= 11 is 2.18. The second-order valence-corrected chi connectivity index (χ2v) is 6.52. The second-order valence-electron chi connectivity index (χ2n) is 5.36. The number of hydrogen-bond donors (Lipinski definition) is 0. The number of halogens is 1. The first-order valence-corrected chi connectivity index (χ1v) is 7.86. The monoisotopic (exact) mass is 391 g/mol. The van der Waals surface area contributed by atoms with E-state index < -0.39 is 0 Å². The van der Waals surface area contributed by atoms with Gasteiger partial charge < -0.3 is 0 Å². The van der Waals surface area contributed by atoms with Crippen LogP contribution in [0.3, 0.4) is 0 Å². The number of imide groups is 1. The number of carbonyl (C=O) groups excluding carboxylic acids is 2. The SMILES string of the molecule is CC(C)c1ccc(N2C(=O)c3ccccc3C2=O)c(I)c1. The van der Waals surface area contributed by atoms with Gasteiger partial charge in [0, 0.05) is 3.57 Å². The van der Waals surface area contributed by atoms with E-state index in [-0.39, 0.29) is 11.8 Å². The minimum Gasteiger partial charge on any atom is -0.268 e. The van der Waals surface area contributed by atoms with Gasteiger partial charge in [0.15, 0.2) is 0 Å². The van der Waals surface area contributed by atoms with E-state index in [9.17, 15) is 9.59 Å². The maximum absolute atomic E-state index is 12.5. The molecule has 3 nitrogen and oxygen atoms in total. The molecule has 0 N–H and O–H groups in total. The highest BCUT2D eigenvalue weighted by atomic mass is 127. The molecule has 0 spiro atoms. The number of nitrogens with zero attached hydrogens (tertiary/aromatic N) is 1. The van der Waals surface area contributed by atoms with Crippen LogP contribution in [0.25, 0.3) is 0 Å². The molecule has 0 bridgehead atoms. The lowest BCUT2D eigenvalue weighted by atomic mass is 10.0. The molecule has 106 valence electrons. The molecule has 0 saturated carbocycles. The van der Waals surface area contributed by atoms with E-state index in [4.69, 9.17) is 0 Å². The molecule has 0 saturated heterocycles. The molecule has 0 unspecified atom stereocenters. The number of benzene rings is 2. The first-order valence-electron chi connectivity index (χ1n) is 6.78. The summed E-state index contributed by atoms with van der Waals surface area (Å²) in [6, 6.07) is 12.8. The van der Waals surface area contributed by atoms with Crippen LogP contribution in [0.4, 0.5) is 5.69 Å². The van der Waals surface area contributed by atoms with Crippen LogP contribution >= 0.6 is 22.6 Å². The van der Waals surface area contributed by atoms with E-state index in [1.165, 1.54) is 10.5 Å². The van der Waals surface area contributed by atoms with E-state index in [0.717, 1.165) is 3.57 Å². The zero-order chi connectivity index (χ0) is 15.1. The van der Waals surface area contributed by atoms with Crippen molar-refractivity contribution in [3.63, 3.8) is 0 Å². The predicted molar refractivity (Wildman–Crippen MR) is 90.8 cm³/mol. The van der Waals surface area contributed by atoms with Gasteiger partial charge >= 0.3 is 0 Å². The summed E-state index contributed by atoms with van der Waals surface area (Å²) in [5, 5.41) is 0. The molecule has 2 amide bonds. The van der Waals surface area contributed by atoms with Crippen LogP contribution in [-0.4, -0.2) is 11.8 Å². The van der Waals surface area contributed by atoms with Crippen LogP contribution in [0.15, 0.2) is 42.5 Å². The van der Waals surface area contributed by atoms with Gasteiger partial charge in [-0.25, -0.2) is 4.90 Å². The molecular formula is C17H14INO2. The second kappa shape index (κ2) is 5.26. The Morgan fingerprint density at radius 3 is 2.00 bits per heavy atom. The van der Waals surface area contributed by atoms with Crippen molar-refractivity contribution >= 4 is 40.1 Å². The quantitative estimate of drug-likeness (QED) is 0.568. The van der Waals surface area contributed by atoms with E-state index in [1.54, 1.807) is 24.3 Å². The van der Waals surface area contributed by atoms with Gasteiger partial charge in [-0.1, -0.05) is 32.0 Å². The van der Waals surface area contributed by atoms with Crippen molar-refractivity contribution < 1.29 is 9.59 Å². The molecule has 2 aromatic carbocycles. The number of hydrogen-bond acceptors (Lipinski definition) is 2. The molecule has 0 atom stereocenters. The van der Waals surface area contributed by atoms with Gasteiger partial charge in [0.1, 0.15) is 0 Å². The van der Waals surface area contributed by atoms with Crippen molar-refractivity contribution in [3.8, 4) is 0 Å². The highest BCUT2D eigenvalue weighted by Crippen LogP contribution is 2.33. The fraction of sp³-hybridized carbons (Fsp3) is 0.176. The smallest absolute Gasteiger partial charge is 0.266 e. The van der Waals surface area contributed by atoms with Crippen LogP contribution in [0.1, 0.15) is 46.0 Å². The van der Waals surface area contributed by atoms with Gasteiger partial charge in [-0.05, 0) is 58.3 Å². The Morgan fingerprint density at radius 1 is 0.952 bits per heavy atom. The van der Waals surface area contributed by atoms with Gasteiger partial charge in [-0.3, -0.25) is 9.59 Å². The molecule has 3 rings (SSSR count). The summed E-state index contributed by atoms with van der Waals surface area (Å²) in [5.74, 6) is -0.0774. The number of amides is 2. The van der Waals surface area contributed by atoms with E-state index in [2.05, 4.69) is 36.4 Å². The normalized spacial score (nSPS) is 14.0. The highest BCUT2D eigenvalue weighted by molar-refractivity contribution is 14.1. The topological polar surface area (TPSA) is 37.4 Å². The standard InChI is InChI=1S/C17H14INO2/c1-10(2)11-7-8-15(14(18)9-11)19-16(20)12-5-3-4-6-13(12)17(19)21/h3-10H,1-2H3. The molecule has 0 aliphatic carbocycles. The Hall–Kier alpha value is -1.69. The molecule has 4 heteroatoms. The molecule has 0 fully saturated rings. The Balaban J connectivity index is 2.07. The summed E-state index contributed by atoms with van der Waals surface area (Å²) < 4.78 is 0.910. The Morgan fingerprint density at radius 2 is 1.52 bits per heavy atom. The number of carbonyl (C=O) groups is 2. The highest BCUT2D eigenvalue weighted by Gasteiger charge is 2.37. The number of fused-ring (bicyclic) bond motifs is 1. The zero-order valence-electron chi connectivity index (χ0n) is 11.8. The van der Waals surface area contributed by atoms with Crippen LogP contribution in [-0.2, 0) is 0 Å². The zero-order valence-corrected chi connectivity index (χ0v) is 13.9. The van der Waals surface area contributed by atoms with Crippen LogP contribution < -0.4 is 4.90 Å². The largest absolute Gasteiger partial charge is 0.268 e. The molecule has 0 radical (unpaired) electrons. The van der Waals surface area contributed by atoms with Crippen molar-refractivity contribution in [2.75, 3.05) is 4.90 Å². The minimum atomic E-state index is -0.245. The van der Waals surface area contributed by atoms with Crippen LogP contribution in [0.2, 0.25) is 0 Å². The summed E-state index contributed by atoms with van der Waals surface area (Å²) in [5.41, 5.74) is 2.81. The van der Waals surface area contributed by atoms with Gasteiger partial charge in [0.25, 0.3) is 11.8 Å². The van der Waals surface area contributed by atoms with Gasteiger partial charge in [-0.2, -0.15) is 0 Å². The average Bonchev–Trinajstić information content (AvgIpc) is 2.72. The fourth-order valence-electron chi connectivity index (χ4n) is 2.47. The summed E-state index contributed by atoms with van der Waals surface area (Å²) in [6.45, 7) is 4.24. The third-order valence-corrected chi connectivity index (χ3v) is 4.54. The van der Waals surface area contributed by atoms with Crippen molar-refractivity contribution in [1.29, 1.82) is 0 Å².